The fourth-order valence-electron chi connectivity index (χ4n) is 2.42. The smallest absolute Gasteiger partial charge is 0.122 e. The van der Waals surface area contributed by atoms with E-state index in [1.165, 1.54) is 5.56 Å². The van der Waals surface area contributed by atoms with Crippen LogP contribution in [0, 0.1) is 6.92 Å². The molecule has 0 spiro atoms. The molecule has 2 N–H and O–H groups in total. The topological polar surface area (TPSA) is 35.2 Å². The maximum absolute atomic E-state index is 6.25. The highest BCUT2D eigenvalue weighted by Crippen LogP contribution is 2.31. The number of hydrogen-bond donors (Lipinski definition) is 1. The van der Waals surface area contributed by atoms with Crippen LogP contribution < -0.4 is 10.5 Å². The first-order chi connectivity index (χ1) is 9.65. The Bertz CT molecular complexity index is 583. The number of ether oxygens (including phenoxy) is 1. The van der Waals surface area contributed by atoms with Crippen LogP contribution in [-0.4, -0.2) is 13.7 Å². The first kappa shape index (κ1) is 14.9. The highest BCUT2D eigenvalue weighted by molar-refractivity contribution is 6.31. The fraction of sp³-hybridized carbons (Fsp3) is 0.294. The summed E-state index contributed by atoms with van der Waals surface area (Å²) >= 11 is 6.25. The van der Waals surface area contributed by atoms with Crippen molar-refractivity contribution in [2.45, 2.75) is 19.3 Å². The second-order valence-corrected chi connectivity index (χ2v) is 5.38. The van der Waals surface area contributed by atoms with Gasteiger partial charge in [0.05, 0.1) is 7.11 Å². The number of hydrogen-bond acceptors (Lipinski definition) is 2. The molecule has 20 heavy (non-hydrogen) atoms. The van der Waals surface area contributed by atoms with Gasteiger partial charge in [-0.2, -0.15) is 0 Å². The van der Waals surface area contributed by atoms with Gasteiger partial charge in [0.15, 0.2) is 0 Å². The van der Waals surface area contributed by atoms with Gasteiger partial charge in [-0.15, -0.1) is 0 Å². The van der Waals surface area contributed by atoms with Gasteiger partial charge >= 0.3 is 0 Å². The van der Waals surface area contributed by atoms with Crippen molar-refractivity contribution < 1.29 is 4.74 Å². The van der Waals surface area contributed by atoms with Gasteiger partial charge in [-0.05, 0) is 43.1 Å². The monoisotopic (exact) mass is 289 g/mol. The lowest BCUT2D eigenvalue weighted by Gasteiger charge is -2.19. The first-order valence-corrected chi connectivity index (χ1v) is 7.11. The quantitative estimate of drug-likeness (QED) is 0.905. The normalized spacial score (nSPS) is 12.2. The van der Waals surface area contributed by atoms with Gasteiger partial charge in [0.2, 0.25) is 0 Å². The van der Waals surface area contributed by atoms with Crippen LogP contribution in [-0.2, 0) is 6.42 Å². The zero-order valence-electron chi connectivity index (χ0n) is 11.9. The summed E-state index contributed by atoms with van der Waals surface area (Å²) in [5.41, 5.74) is 9.45. The zero-order valence-corrected chi connectivity index (χ0v) is 12.7. The van der Waals surface area contributed by atoms with Crippen molar-refractivity contribution in [3.8, 4) is 5.75 Å². The van der Waals surface area contributed by atoms with E-state index in [0.29, 0.717) is 6.54 Å². The molecular weight excluding hydrogens is 270 g/mol. The van der Waals surface area contributed by atoms with E-state index in [2.05, 4.69) is 13.0 Å². The Hall–Kier alpha value is -1.51. The van der Waals surface area contributed by atoms with E-state index in [-0.39, 0.29) is 5.92 Å². The van der Waals surface area contributed by atoms with Crippen molar-refractivity contribution in [1.82, 2.24) is 0 Å². The van der Waals surface area contributed by atoms with Crippen LogP contribution in [0.4, 0.5) is 0 Å². The minimum absolute atomic E-state index is 0.199. The highest BCUT2D eigenvalue weighted by Gasteiger charge is 2.16. The molecule has 3 heteroatoms. The van der Waals surface area contributed by atoms with Crippen LogP contribution in [0.2, 0.25) is 5.02 Å². The van der Waals surface area contributed by atoms with Crippen LogP contribution in [0.1, 0.15) is 22.6 Å². The molecule has 0 aromatic heterocycles. The van der Waals surface area contributed by atoms with Gasteiger partial charge in [-0.3, -0.25) is 0 Å². The summed E-state index contributed by atoms with van der Waals surface area (Å²) in [4.78, 5) is 0. The van der Waals surface area contributed by atoms with Crippen molar-refractivity contribution in [3.63, 3.8) is 0 Å². The molecule has 0 saturated heterocycles. The van der Waals surface area contributed by atoms with Crippen LogP contribution in [0.15, 0.2) is 42.5 Å². The standard InChI is InChI=1S/C17H20ClNO/c1-12-7-8-17(20-2)15(9-12)14(11-19)10-13-5-3-4-6-16(13)18/h3-9,14H,10-11,19H2,1-2H3. The Morgan fingerprint density at radius 3 is 2.60 bits per heavy atom. The SMILES string of the molecule is COc1ccc(C)cc1C(CN)Cc1ccccc1Cl. The van der Waals surface area contributed by atoms with E-state index in [4.69, 9.17) is 22.1 Å². The Morgan fingerprint density at radius 1 is 1.20 bits per heavy atom. The first-order valence-electron chi connectivity index (χ1n) is 6.73. The van der Waals surface area contributed by atoms with E-state index < -0.39 is 0 Å². The third-order valence-corrected chi connectivity index (χ3v) is 3.90. The average Bonchev–Trinajstić information content (AvgIpc) is 2.46. The van der Waals surface area contributed by atoms with Crippen molar-refractivity contribution in [3.05, 3.63) is 64.2 Å². The van der Waals surface area contributed by atoms with Crippen LogP contribution in [0.25, 0.3) is 0 Å². The molecule has 1 unspecified atom stereocenters. The molecule has 0 saturated carbocycles. The Balaban J connectivity index is 2.33. The third-order valence-electron chi connectivity index (χ3n) is 3.53. The second-order valence-electron chi connectivity index (χ2n) is 4.97. The summed E-state index contributed by atoms with van der Waals surface area (Å²) in [7, 11) is 1.69. The lowest BCUT2D eigenvalue weighted by Crippen LogP contribution is -2.16. The average molecular weight is 290 g/mol. The van der Waals surface area contributed by atoms with E-state index in [0.717, 1.165) is 28.3 Å². The summed E-state index contributed by atoms with van der Waals surface area (Å²) in [6.07, 6.45) is 0.815. The molecule has 2 aromatic carbocycles. The molecule has 0 heterocycles. The predicted molar refractivity (Wildman–Crippen MR) is 84.7 cm³/mol. The maximum Gasteiger partial charge on any atom is 0.122 e. The van der Waals surface area contributed by atoms with Crippen molar-refractivity contribution in [2.24, 2.45) is 5.73 Å². The van der Waals surface area contributed by atoms with E-state index in [1.807, 2.05) is 36.4 Å². The number of methoxy groups -OCH3 is 1. The van der Waals surface area contributed by atoms with Crippen LogP contribution >= 0.6 is 11.6 Å². The van der Waals surface area contributed by atoms with Crippen LogP contribution in [0.3, 0.4) is 0 Å². The lowest BCUT2D eigenvalue weighted by atomic mass is 9.90. The Kier molecular flexibility index (Phi) is 5.05. The Labute approximate surface area is 125 Å². The Morgan fingerprint density at radius 2 is 1.95 bits per heavy atom. The van der Waals surface area contributed by atoms with Gasteiger partial charge in [-0.25, -0.2) is 0 Å². The minimum Gasteiger partial charge on any atom is -0.496 e. The molecule has 0 fully saturated rings. The molecule has 2 nitrogen and oxygen atoms in total. The van der Waals surface area contributed by atoms with Gasteiger partial charge in [0.25, 0.3) is 0 Å². The number of nitrogens with two attached hydrogens (primary N) is 1. The zero-order chi connectivity index (χ0) is 14.5. The maximum atomic E-state index is 6.25. The lowest BCUT2D eigenvalue weighted by molar-refractivity contribution is 0.405. The number of rotatable bonds is 5. The molecule has 0 aliphatic heterocycles. The summed E-state index contributed by atoms with van der Waals surface area (Å²) in [6.45, 7) is 2.64. The molecule has 2 aromatic rings. The van der Waals surface area contributed by atoms with Gasteiger partial charge < -0.3 is 10.5 Å². The molecule has 106 valence electrons. The summed E-state index contributed by atoms with van der Waals surface area (Å²) in [5, 5.41) is 0.789. The van der Waals surface area contributed by atoms with Crippen molar-refractivity contribution >= 4 is 11.6 Å². The molecule has 1 atom stereocenters. The fourth-order valence-corrected chi connectivity index (χ4v) is 2.64. The van der Waals surface area contributed by atoms with Crippen molar-refractivity contribution in [2.75, 3.05) is 13.7 Å². The predicted octanol–water partition coefficient (Wildman–Crippen LogP) is 3.94. The van der Waals surface area contributed by atoms with E-state index in [1.54, 1.807) is 7.11 Å². The molecule has 0 radical (unpaired) electrons. The number of halogens is 1. The van der Waals surface area contributed by atoms with E-state index in [9.17, 15) is 0 Å². The number of aryl methyl sites for hydroxylation is 1. The molecule has 0 aliphatic rings. The molecule has 0 aliphatic carbocycles. The molecule has 2 rings (SSSR count). The summed E-state index contributed by atoms with van der Waals surface area (Å²) in [5.74, 6) is 1.09. The van der Waals surface area contributed by atoms with Gasteiger partial charge in [0.1, 0.15) is 5.75 Å². The summed E-state index contributed by atoms with van der Waals surface area (Å²) < 4.78 is 5.46. The second kappa shape index (κ2) is 6.78. The summed E-state index contributed by atoms with van der Waals surface area (Å²) in [6, 6.07) is 14.1. The van der Waals surface area contributed by atoms with Gasteiger partial charge in [-0.1, -0.05) is 47.5 Å². The molecule has 0 amide bonds. The van der Waals surface area contributed by atoms with Gasteiger partial charge in [0, 0.05) is 10.9 Å². The minimum atomic E-state index is 0.199. The third kappa shape index (κ3) is 3.33. The highest BCUT2D eigenvalue weighted by atomic mass is 35.5. The van der Waals surface area contributed by atoms with Crippen LogP contribution in [0.5, 0.6) is 5.75 Å². The van der Waals surface area contributed by atoms with Crippen molar-refractivity contribution in [1.29, 1.82) is 0 Å². The molecular formula is C17H20ClNO. The largest absolute Gasteiger partial charge is 0.496 e. The van der Waals surface area contributed by atoms with E-state index >= 15 is 0 Å². The number of benzene rings is 2. The molecule has 0 bridgehead atoms.